The number of nitrogens with zero attached hydrogens (tertiary/aromatic N) is 3. The summed E-state index contributed by atoms with van der Waals surface area (Å²) in [6.45, 7) is 4.35. The van der Waals surface area contributed by atoms with Gasteiger partial charge in [0.2, 0.25) is 0 Å². The Labute approximate surface area is 121 Å². The van der Waals surface area contributed by atoms with E-state index in [4.69, 9.17) is 0 Å². The maximum Gasteiger partial charge on any atom is 0.262 e. The fourth-order valence-electron chi connectivity index (χ4n) is 2.18. The summed E-state index contributed by atoms with van der Waals surface area (Å²) in [5, 5.41) is 17.0. The average molecular weight is 291 g/mol. The second-order valence-corrected chi connectivity index (χ2v) is 6.80. The Kier molecular flexibility index (Phi) is 3.29. The Morgan fingerprint density at radius 2 is 2.30 bits per heavy atom. The van der Waals surface area contributed by atoms with Crippen LogP contribution >= 0.6 is 11.3 Å². The van der Waals surface area contributed by atoms with Gasteiger partial charge in [0.1, 0.15) is 5.54 Å². The van der Waals surface area contributed by atoms with Crippen molar-refractivity contribution < 1.29 is 4.79 Å². The number of carbonyl (C=O) groups is 1. The Hall–Kier alpha value is -1.76. The molecule has 0 saturated heterocycles. The molecule has 1 fully saturated rings. The van der Waals surface area contributed by atoms with Crippen molar-refractivity contribution in [2.45, 2.75) is 38.6 Å². The number of thiophene rings is 1. The summed E-state index contributed by atoms with van der Waals surface area (Å²) in [7, 11) is 0. The van der Waals surface area contributed by atoms with E-state index in [2.05, 4.69) is 39.8 Å². The first kappa shape index (κ1) is 13.2. The highest BCUT2D eigenvalue weighted by molar-refractivity contribution is 7.14. The molecule has 0 atom stereocenters. The average Bonchev–Trinajstić information content (AvgIpc) is 2.85. The van der Waals surface area contributed by atoms with E-state index in [0.29, 0.717) is 11.7 Å². The Morgan fingerprint density at radius 3 is 2.90 bits per heavy atom. The predicted molar refractivity (Wildman–Crippen MR) is 75.4 cm³/mol. The molecule has 0 aliphatic heterocycles. The molecule has 7 heteroatoms. The summed E-state index contributed by atoms with van der Waals surface area (Å²) >= 11 is 1.56. The van der Waals surface area contributed by atoms with Crippen LogP contribution in [0.5, 0.6) is 0 Å². The minimum atomic E-state index is -0.410. The number of amides is 1. The fraction of sp³-hybridized carbons (Fsp3) is 0.538. The molecule has 0 unspecified atom stereocenters. The van der Waals surface area contributed by atoms with Gasteiger partial charge in [-0.3, -0.25) is 4.79 Å². The highest BCUT2D eigenvalue weighted by atomic mass is 32.1. The molecule has 2 N–H and O–H groups in total. The topological polar surface area (TPSA) is 83.6 Å². The molecule has 20 heavy (non-hydrogen) atoms. The molecule has 2 heterocycles. The molecule has 1 saturated carbocycles. The first-order valence-electron chi connectivity index (χ1n) is 6.74. The van der Waals surface area contributed by atoms with Crippen molar-refractivity contribution >= 4 is 17.2 Å². The molecule has 1 amide bonds. The summed E-state index contributed by atoms with van der Waals surface area (Å²) in [5.41, 5.74) is -0.410. The van der Waals surface area contributed by atoms with Crippen LogP contribution in [0.1, 0.15) is 47.1 Å². The van der Waals surface area contributed by atoms with Crippen molar-refractivity contribution in [3.05, 3.63) is 27.7 Å². The third-order valence-electron chi connectivity index (χ3n) is 3.37. The van der Waals surface area contributed by atoms with Crippen LogP contribution < -0.4 is 5.32 Å². The van der Waals surface area contributed by atoms with Crippen LogP contribution in [0.4, 0.5) is 0 Å². The molecule has 0 radical (unpaired) electrons. The van der Waals surface area contributed by atoms with Gasteiger partial charge in [-0.1, -0.05) is 19.1 Å². The smallest absolute Gasteiger partial charge is 0.262 e. The minimum absolute atomic E-state index is 0.0488. The van der Waals surface area contributed by atoms with Crippen molar-refractivity contribution in [1.82, 2.24) is 25.9 Å². The Balaban J connectivity index is 1.69. The summed E-state index contributed by atoms with van der Waals surface area (Å²) in [6.07, 6.45) is 2.74. The van der Waals surface area contributed by atoms with Gasteiger partial charge in [0, 0.05) is 4.88 Å². The van der Waals surface area contributed by atoms with Crippen LogP contribution in [0.15, 0.2) is 12.1 Å². The minimum Gasteiger partial charge on any atom is -0.338 e. The summed E-state index contributed by atoms with van der Waals surface area (Å²) < 4.78 is 0. The van der Waals surface area contributed by atoms with E-state index in [9.17, 15) is 4.79 Å². The van der Waals surface area contributed by atoms with Crippen LogP contribution in [0.25, 0.3) is 0 Å². The summed E-state index contributed by atoms with van der Waals surface area (Å²) in [5.74, 6) is 1.12. The van der Waals surface area contributed by atoms with Crippen molar-refractivity contribution in [1.29, 1.82) is 0 Å². The van der Waals surface area contributed by atoms with Gasteiger partial charge in [-0.2, -0.15) is 5.21 Å². The largest absolute Gasteiger partial charge is 0.338 e. The van der Waals surface area contributed by atoms with E-state index in [1.165, 1.54) is 4.88 Å². The number of rotatable bonds is 5. The molecule has 0 aromatic carbocycles. The number of hydrogen-bond donors (Lipinski definition) is 2. The standard InChI is InChI=1S/C13H17N5OS/c1-8(2)7-9-3-4-10(20-9)11(19)14-13(5-6-13)12-15-17-18-16-12/h3-4,8H,5-7H2,1-2H3,(H,14,19)(H,15,16,17,18). The number of nitrogens with one attached hydrogen (secondary N) is 2. The fourth-order valence-corrected chi connectivity index (χ4v) is 3.30. The third kappa shape index (κ3) is 2.58. The Morgan fingerprint density at radius 1 is 1.50 bits per heavy atom. The first-order chi connectivity index (χ1) is 9.59. The van der Waals surface area contributed by atoms with E-state index in [0.717, 1.165) is 24.1 Å². The normalized spacial score (nSPS) is 16.4. The van der Waals surface area contributed by atoms with E-state index in [1.54, 1.807) is 11.3 Å². The zero-order chi connectivity index (χ0) is 14.2. The molecular weight excluding hydrogens is 274 g/mol. The summed E-state index contributed by atoms with van der Waals surface area (Å²) in [4.78, 5) is 14.3. The lowest BCUT2D eigenvalue weighted by molar-refractivity contribution is 0.0933. The summed E-state index contributed by atoms with van der Waals surface area (Å²) in [6, 6.07) is 3.93. The lowest BCUT2D eigenvalue weighted by Crippen LogP contribution is -2.35. The van der Waals surface area contributed by atoms with E-state index >= 15 is 0 Å². The van der Waals surface area contributed by atoms with Crippen molar-refractivity contribution in [2.24, 2.45) is 5.92 Å². The van der Waals surface area contributed by atoms with Gasteiger partial charge >= 0.3 is 0 Å². The van der Waals surface area contributed by atoms with Crippen LogP contribution in [0.2, 0.25) is 0 Å². The second-order valence-electron chi connectivity index (χ2n) is 5.64. The van der Waals surface area contributed by atoms with Crippen molar-refractivity contribution in [2.75, 3.05) is 0 Å². The van der Waals surface area contributed by atoms with Gasteiger partial charge < -0.3 is 5.32 Å². The maximum absolute atomic E-state index is 12.3. The van der Waals surface area contributed by atoms with Gasteiger partial charge in [0.05, 0.1) is 4.88 Å². The van der Waals surface area contributed by atoms with Gasteiger partial charge in [-0.15, -0.1) is 21.5 Å². The lowest BCUT2D eigenvalue weighted by Gasteiger charge is -2.12. The first-order valence-corrected chi connectivity index (χ1v) is 7.56. The van der Waals surface area contributed by atoms with E-state index in [-0.39, 0.29) is 5.91 Å². The number of hydrogen-bond acceptors (Lipinski definition) is 5. The molecule has 0 spiro atoms. The second kappa shape index (κ2) is 4.97. The molecule has 1 aliphatic carbocycles. The SMILES string of the molecule is CC(C)Cc1ccc(C(=O)NC2(c3nn[nH]n3)CC2)s1. The molecular formula is C13H17N5OS. The Bertz CT molecular complexity index is 600. The molecule has 3 rings (SSSR count). The third-order valence-corrected chi connectivity index (χ3v) is 4.48. The zero-order valence-corrected chi connectivity index (χ0v) is 12.3. The number of tetrazole rings is 1. The highest BCUT2D eigenvalue weighted by Crippen LogP contribution is 2.43. The lowest BCUT2D eigenvalue weighted by atomic mass is 10.1. The van der Waals surface area contributed by atoms with E-state index in [1.807, 2.05) is 12.1 Å². The molecule has 2 aromatic rings. The van der Waals surface area contributed by atoms with Gasteiger partial charge in [-0.25, -0.2) is 0 Å². The number of aromatic amines is 1. The highest BCUT2D eigenvalue weighted by Gasteiger charge is 2.49. The number of H-pyrrole nitrogens is 1. The number of aromatic nitrogens is 4. The van der Waals surface area contributed by atoms with Crippen LogP contribution in [-0.4, -0.2) is 26.5 Å². The quantitative estimate of drug-likeness (QED) is 0.881. The van der Waals surface area contributed by atoms with Crippen LogP contribution in [-0.2, 0) is 12.0 Å². The molecule has 6 nitrogen and oxygen atoms in total. The van der Waals surface area contributed by atoms with Gasteiger partial charge in [0.15, 0.2) is 5.82 Å². The number of carbonyl (C=O) groups excluding carboxylic acids is 1. The van der Waals surface area contributed by atoms with Crippen molar-refractivity contribution in [3.63, 3.8) is 0 Å². The molecule has 2 aromatic heterocycles. The van der Waals surface area contributed by atoms with Crippen LogP contribution in [0.3, 0.4) is 0 Å². The van der Waals surface area contributed by atoms with Gasteiger partial charge in [0.25, 0.3) is 5.91 Å². The maximum atomic E-state index is 12.3. The van der Waals surface area contributed by atoms with Crippen LogP contribution in [0, 0.1) is 5.92 Å². The van der Waals surface area contributed by atoms with E-state index < -0.39 is 5.54 Å². The monoisotopic (exact) mass is 291 g/mol. The van der Waals surface area contributed by atoms with Crippen molar-refractivity contribution in [3.8, 4) is 0 Å². The predicted octanol–water partition coefficient (Wildman–Crippen LogP) is 1.88. The zero-order valence-electron chi connectivity index (χ0n) is 11.5. The molecule has 106 valence electrons. The molecule has 1 aliphatic rings. The molecule has 0 bridgehead atoms. The van der Waals surface area contributed by atoms with Gasteiger partial charge in [-0.05, 0) is 37.3 Å².